The third kappa shape index (κ3) is 4.79. The van der Waals surface area contributed by atoms with Crippen LogP contribution in [0, 0.1) is 0 Å². The zero-order valence-electron chi connectivity index (χ0n) is 11.5. The maximum absolute atomic E-state index is 10.7. The van der Waals surface area contributed by atoms with E-state index in [1.54, 1.807) is 7.11 Å². The fraction of sp³-hybridized carbons (Fsp3) is 0.500. The van der Waals surface area contributed by atoms with E-state index in [9.17, 15) is 4.79 Å². The molecule has 106 valence electrons. The van der Waals surface area contributed by atoms with Crippen LogP contribution in [-0.4, -0.2) is 25.7 Å². The monoisotopic (exact) mass is 266 g/mol. The van der Waals surface area contributed by atoms with Crippen molar-refractivity contribution in [2.45, 2.75) is 32.2 Å². The average Bonchev–Trinajstić information content (AvgIpc) is 2.39. The second-order valence-electron chi connectivity index (χ2n) is 4.39. The fourth-order valence-corrected chi connectivity index (χ4v) is 1.73. The molecule has 1 aromatic carbocycles. The summed E-state index contributed by atoms with van der Waals surface area (Å²) in [6, 6.07) is 5.75. The minimum absolute atomic E-state index is 0.0746. The summed E-state index contributed by atoms with van der Waals surface area (Å²) in [4.78, 5) is 10.7. The minimum Gasteiger partial charge on any atom is -0.493 e. The number of hydrogen-bond donors (Lipinski definition) is 2. The summed E-state index contributed by atoms with van der Waals surface area (Å²) in [5.41, 5.74) is 12.1. The zero-order valence-corrected chi connectivity index (χ0v) is 11.5. The van der Waals surface area contributed by atoms with E-state index < -0.39 is 0 Å². The fourth-order valence-electron chi connectivity index (χ4n) is 1.73. The summed E-state index contributed by atoms with van der Waals surface area (Å²) in [6.45, 7) is 2.28. The van der Waals surface area contributed by atoms with Crippen molar-refractivity contribution in [2.75, 3.05) is 13.7 Å². The molecule has 0 aromatic heterocycles. The summed E-state index contributed by atoms with van der Waals surface area (Å²) in [5.74, 6) is 0.905. The molecular weight excluding hydrogens is 244 g/mol. The van der Waals surface area contributed by atoms with Gasteiger partial charge in [-0.3, -0.25) is 4.79 Å². The van der Waals surface area contributed by atoms with Crippen molar-refractivity contribution in [1.29, 1.82) is 0 Å². The summed E-state index contributed by atoms with van der Waals surface area (Å²) in [5, 5.41) is 0. The zero-order chi connectivity index (χ0) is 14.3. The number of ether oxygens (including phenoxy) is 2. The topological polar surface area (TPSA) is 87.6 Å². The first-order valence-electron chi connectivity index (χ1n) is 6.41. The first kappa shape index (κ1) is 15.3. The van der Waals surface area contributed by atoms with Crippen molar-refractivity contribution in [3.05, 3.63) is 23.8 Å². The van der Waals surface area contributed by atoms with Crippen LogP contribution in [0.25, 0.3) is 0 Å². The van der Waals surface area contributed by atoms with Crippen LogP contribution in [0.3, 0.4) is 0 Å². The Kier molecular flexibility index (Phi) is 6.15. The molecule has 0 radical (unpaired) electrons. The highest BCUT2D eigenvalue weighted by Crippen LogP contribution is 2.32. The van der Waals surface area contributed by atoms with Crippen molar-refractivity contribution in [2.24, 2.45) is 11.5 Å². The van der Waals surface area contributed by atoms with Gasteiger partial charge < -0.3 is 20.9 Å². The molecule has 4 N–H and O–H groups in total. The number of methoxy groups -OCH3 is 1. The normalized spacial score (nSPS) is 11.9. The highest BCUT2D eigenvalue weighted by molar-refractivity contribution is 5.73. The number of benzene rings is 1. The second-order valence-corrected chi connectivity index (χ2v) is 4.39. The number of amides is 1. The van der Waals surface area contributed by atoms with E-state index in [4.69, 9.17) is 20.9 Å². The molecule has 0 fully saturated rings. The molecule has 1 aromatic rings. The lowest BCUT2D eigenvalue weighted by Crippen LogP contribution is -2.22. The quantitative estimate of drug-likeness (QED) is 0.740. The van der Waals surface area contributed by atoms with Crippen LogP contribution >= 0.6 is 0 Å². The van der Waals surface area contributed by atoms with Gasteiger partial charge in [-0.05, 0) is 24.5 Å². The Morgan fingerprint density at radius 3 is 2.74 bits per heavy atom. The lowest BCUT2D eigenvalue weighted by molar-refractivity contribution is -0.118. The van der Waals surface area contributed by atoms with Gasteiger partial charge in [0.1, 0.15) is 0 Å². The van der Waals surface area contributed by atoms with Crippen molar-refractivity contribution < 1.29 is 14.3 Å². The number of hydrogen-bond acceptors (Lipinski definition) is 4. The van der Waals surface area contributed by atoms with Gasteiger partial charge in [0.25, 0.3) is 0 Å². The lowest BCUT2D eigenvalue weighted by atomic mass is 10.0. The van der Waals surface area contributed by atoms with Crippen LogP contribution in [0.5, 0.6) is 11.5 Å². The van der Waals surface area contributed by atoms with Gasteiger partial charge in [0.2, 0.25) is 5.91 Å². The summed E-state index contributed by atoms with van der Waals surface area (Å²) < 4.78 is 10.9. The van der Waals surface area contributed by atoms with E-state index in [1.165, 1.54) is 0 Å². The van der Waals surface area contributed by atoms with Gasteiger partial charge in [0.05, 0.1) is 20.1 Å². The molecular formula is C14H22N2O3. The first-order valence-corrected chi connectivity index (χ1v) is 6.41. The molecule has 1 amide bonds. The molecule has 0 spiro atoms. The molecule has 0 aliphatic carbocycles. The molecule has 0 aliphatic rings. The molecule has 0 heterocycles. The molecule has 1 atom stereocenters. The minimum atomic E-state index is -0.387. The number of carbonyl (C=O) groups excluding carboxylic acids is 1. The second kappa shape index (κ2) is 7.63. The number of para-hydroxylation sites is 1. The molecule has 1 unspecified atom stereocenters. The van der Waals surface area contributed by atoms with E-state index in [2.05, 4.69) is 0 Å². The van der Waals surface area contributed by atoms with E-state index in [1.807, 2.05) is 25.1 Å². The van der Waals surface area contributed by atoms with Crippen LogP contribution in [-0.2, 0) is 11.2 Å². The Balaban J connectivity index is 2.86. The molecule has 0 aliphatic heterocycles. The molecule has 5 nitrogen and oxygen atoms in total. The van der Waals surface area contributed by atoms with Gasteiger partial charge in [-0.2, -0.15) is 0 Å². The predicted molar refractivity (Wildman–Crippen MR) is 74.3 cm³/mol. The van der Waals surface area contributed by atoms with Gasteiger partial charge in [0, 0.05) is 6.04 Å². The largest absolute Gasteiger partial charge is 0.493 e. The van der Waals surface area contributed by atoms with Crippen molar-refractivity contribution in [3.8, 4) is 11.5 Å². The predicted octanol–water partition coefficient (Wildman–Crippen LogP) is 1.23. The van der Waals surface area contributed by atoms with Crippen molar-refractivity contribution >= 4 is 5.91 Å². The first-order chi connectivity index (χ1) is 9.08. The van der Waals surface area contributed by atoms with Crippen LogP contribution in [0.15, 0.2) is 18.2 Å². The molecule has 1 rings (SSSR count). The Hall–Kier alpha value is -1.75. The molecule has 5 heteroatoms. The van der Waals surface area contributed by atoms with Gasteiger partial charge >= 0.3 is 0 Å². The lowest BCUT2D eigenvalue weighted by Gasteiger charge is -2.16. The van der Waals surface area contributed by atoms with E-state index in [0.717, 1.165) is 12.0 Å². The maximum Gasteiger partial charge on any atom is 0.220 e. The van der Waals surface area contributed by atoms with Crippen molar-refractivity contribution in [1.82, 2.24) is 0 Å². The number of rotatable bonds is 8. The number of nitrogens with two attached hydrogens (primary N) is 2. The molecule has 0 bridgehead atoms. The molecule has 19 heavy (non-hydrogen) atoms. The van der Waals surface area contributed by atoms with Crippen LogP contribution < -0.4 is 20.9 Å². The van der Waals surface area contributed by atoms with Crippen LogP contribution in [0.4, 0.5) is 0 Å². The van der Waals surface area contributed by atoms with Gasteiger partial charge in [-0.15, -0.1) is 0 Å². The average molecular weight is 266 g/mol. The van der Waals surface area contributed by atoms with Crippen LogP contribution in [0.2, 0.25) is 0 Å². The van der Waals surface area contributed by atoms with Gasteiger partial charge in [0.15, 0.2) is 11.5 Å². The third-order valence-electron chi connectivity index (χ3n) is 2.88. The third-order valence-corrected chi connectivity index (χ3v) is 2.88. The van der Waals surface area contributed by atoms with Crippen LogP contribution in [0.1, 0.15) is 25.3 Å². The summed E-state index contributed by atoms with van der Waals surface area (Å²) in [7, 11) is 1.58. The van der Waals surface area contributed by atoms with Gasteiger partial charge in [-0.1, -0.05) is 19.1 Å². The maximum atomic E-state index is 10.7. The highest BCUT2D eigenvalue weighted by atomic mass is 16.5. The molecule has 0 saturated carbocycles. The van der Waals surface area contributed by atoms with E-state index in [-0.39, 0.29) is 25.0 Å². The standard InChI is InChI=1S/C14H22N2O3/c1-3-11(15)9-10-5-4-6-12(18-2)14(10)19-8-7-13(16)17/h4-6,11H,3,7-9,15H2,1-2H3,(H2,16,17). The molecule has 0 saturated heterocycles. The SMILES string of the molecule is CCC(N)Cc1cccc(OC)c1OCCC(N)=O. The van der Waals surface area contributed by atoms with E-state index >= 15 is 0 Å². The summed E-state index contributed by atoms with van der Waals surface area (Å²) >= 11 is 0. The Morgan fingerprint density at radius 2 is 2.16 bits per heavy atom. The highest BCUT2D eigenvalue weighted by Gasteiger charge is 2.13. The van der Waals surface area contributed by atoms with Crippen molar-refractivity contribution in [3.63, 3.8) is 0 Å². The van der Waals surface area contributed by atoms with E-state index in [0.29, 0.717) is 17.9 Å². The smallest absolute Gasteiger partial charge is 0.220 e. The number of carbonyl (C=O) groups is 1. The number of primary amides is 1. The Bertz CT molecular complexity index is 421. The van der Waals surface area contributed by atoms with Gasteiger partial charge in [-0.25, -0.2) is 0 Å². The summed E-state index contributed by atoms with van der Waals surface area (Å²) in [6.07, 6.45) is 1.77. The Labute approximate surface area is 113 Å². The Morgan fingerprint density at radius 1 is 1.42 bits per heavy atom.